The first-order chi connectivity index (χ1) is 9.65. The Hall–Kier alpha value is -2.35. The Morgan fingerprint density at radius 1 is 1.30 bits per heavy atom. The van der Waals surface area contributed by atoms with Gasteiger partial charge in [-0.05, 0) is 25.5 Å². The van der Waals surface area contributed by atoms with Gasteiger partial charge in [0.25, 0.3) is 5.91 Å². The first kappa shape index (κ1) is 14.1. The average Bonchev–Trinajstić information content (AvgIpc) is 2.47. The van der Waals surface area contributed by atoms with E-state index in [1.807, 2.05) is 41.3 Å². The largest absolute Gasteiger partial charge is 0.350 e. The first-order valence-electron chi connectivity index (χ1n) is 6.68. The molecule has 2 amide bonds. The molecule has 1 atom stereocenters. The van der Waals surface area contributed by atoms with Crippen LogP contribution in [-0.2, 0) is 9.59 Å². The van der Waals surface area contributed by atoms with Crippen LogP contribution in [0.2, 0.25) is 0 Å². The van der Waals surface area contributed by atoms with Gasteiger partial charge in [-0.1, -0.05) is 18.2 Å². The van der Waals surface area contributed by atoms with Crippen molar-refractivity contribution in [2.24, 2.45) is 0 Å². The highest BCUT2D eigenvalue weighted by Gasteiger charge is 2.36. The number of hydrogen-bond acceptors (Lipinski definition) is 4. The third-order valence-electron chi connectivity index (χ3n) is 3.46. The molecule has 0 radical (unpaired) electrons. The number of nitrogens with zero attached hydrogens (tertiary/aromatic N) is 3. The molecule has 1 aromatic rings. The van der Waals surface area contributed by atoms with E-state index in [1.54, 1.807) is 6.92 Å². The Kier molecular flexibility index (Phi) is 4.36. The molecule has 1 aromatic carbocycles. The second kappa shape index (κ2) is 6.20. The predicted molar refractivity (Wildman–Crippen MR) is 74.8 cm³/mol. The number of unbranched alkanes of at least 4 members (excludes halogenated alkanes) is 1. The number of imide groups is 1. The van der Waals surface area contributed by atoms with Crippen LogP contribution in [0.1, 0.15) is 19.8 Å². The lowest BCUT2D eigenvalue weighted by Crippen LogP contribution is -2.59. The molecule has 104 valence electrons. The fraction of sp³-hybridized carbons (Fsp3) is 0.400. The standard InChI is InChI=1S/C15H17N3O2/c1-12-15(20)17(10-6-5-9-16)14(19)11-18(12)13-7-3-2-4-8-13/h2-4,7-8,12H,5-6,10-11H2,1H3. The molecular weight excluding hydrogens is 254 g/mol. The van der Waals surface area contributed by atoms with Crippen molar-refractivity contribution in [2.75, 3.05) is 18.0 Å². The summed E-state index contributed by atoms with van der Waals surface area (Å²) in [7, 11) is 0. The SMILES string of the molecule is CC1C(=O)N(CCCC#N)C(=O)CN1c1ccccc1. The molecule has 0 bridgehead atoms. The highest BCUT2D eigenvalue weighted by Crippen LogP contribution is 2.21. The zero-order valence-electron chi connectivity index (χ0n) is 11.5. The number of anilines is 1. The van der Waals surface area contributed by atoms with E-state index in [2.05, 4.69) is 0 Å². The molecule has 0 aliphatic carbocycles. The second-order valence-corrected chi connectivity index (χ2v) is 4.78. The third kappa shape index (κ3) is 2.80. The van der Waals surface area contributed by atoms with Crippen LogP contribution < -0.4 is 4.90 Å². The van der Waals surface area contributed by atoms with Gasteiger partial charge >= 0.3 is 0 Å². The van der Waals surface area contributed by atoms with E-state index < -0.39 is 0 Å². The summed E-state index contributed by atoms with van der Waals surface area (Å²) in [4.78, 5) is 27.5. The number of rotatable bonds is 4. The molecule has 1 fully saturated rings. The van der Waals surface area contributed by atoms with Crippen molar-refractivity contribution in [1.82, 2.24) is 4.90 Å². The van der Waals surface area contributed by atoms with Crippen molar-refractivity contribution in [2.45, 2.75) is 25.8 Å². The summed E-state index contributed by atoms with van der Waals surface area (Å²) in [6.45, 7) is 2.33. The Balaban J connectivity index is 2.11. The van der Waals surface area contributed by atoms with Gasteiger partial charge in [-0.3, -0.25) is 14.5 Å². The quantitative estimate of drug-likeness (QED) is 0.615. The first-order valence-corrected chi connectivity index (χ1v) is 6.68. The molecule has 5 heteroatoms. The summed E-state index contributed by atoms with van der Waals surface area (Å²) in [6.07, 6.45) is 0.889. The molecule has 1 saturated heterocycles. The number of piperazine rings is 1. The molecule has 1 unspecified atom stereocenters. The Bertz CT molecular complexity index is 536. The van der Waals surface area contributed by atoms with Crippen LogP contribution in [0, 0.1) is 11.3 Å². The number of nitriles is 1. The van der Waals surface area contributed by atoms with Gasteiger partial charge < -0.3 is 4.90 Å². The van der Waals surface area contributed by atoms with Crippen LogP contribution in [0.15, 0.2) is 30.3 Å². The van der Waals surface area contributed by atoms with Crippen molar-refractivity contribution in [3.05, 3.63) is 30.3 Å². The number of carbonyl (C=O) groups excluding carboxylic acids is 2. The van der Waals surface area contributed by atoms with Crippen molar-refractivity contribution < 1.29 is 9.59 Å². The predicted octanol–water partition coefficient (Wildman–Crippen LogP) is 1.55. The third-order valence-corrected chi connectivity index (χ3v) is 3.46. The van der Waals surface area contributed by atoms with Gasteiger partial charge in [-0.2, -0.15) is 5.26 Å². The molecule has 0 saturated carbocycles. The summed E-state index contributed by atoms with van der Waals surface area (Å²) < 4.78 is 0. The summed E-state index contributed by atoms with van der Waals surface area (Å²) in [5.41, 5.74) is 0.873. The van der Waals surface area contributed by atoms with E-state index in [0.717, 1.165) is 5.69 Å². The van der Waals surface area contributed by atoms with Gasteiger partial charge in [-0.15, -0.1) is 0 Å². The van der Waals surface area contributed by atoms with E-state index in [-0.39, 0.29) is 24.4 Å². The summed E-state index contributed by atoms with van der Waals surface area (Å²) in [5.74, 6) is -0.391. The summed E-state index contributed by atoms with van der Waals surface area (Å²) in [6, 6.07) is 11.1. The minimum atomic E-state index is -0.364. The topological polar surface area (TPSA) is 64.4 Å². The lowest BCUT2D eigenvalue weighted by Gasteiger charge is -2.38. The zero-order valence-corrected chi connectivity index (χ0v) is 11.5. The van der Waals surface area contributed by atoms with Gasteiger partial charge in [0.05, 0.1) is 12.6 Å². The van der Waals surface area contributed by atoms with E-state index in [0.29, 0.717) is 19.4 Å². The number of carbonyl (C=O) groups is 2. The summed E-state index contributed by atoms with van der Waals surface area (Å²) in [5, 5.41) is 8.52. The number of hydrogen-bond donors (Lipinski definition) is 0. The highest BCUT2D eigenvalue weighted by molar-refractivity contribution is 6.04. The fourth-order valence-corrected chi connectivity index (χ4v) is 2.34. The van der Waals surface area contributed by atoms with Crippen LogP contribution in [0.4, 0.5) is 5.69 Å². The maximum Gasteiger partial charge on any atom is 0.251 e. The average molecular weight is 271 g/mol. The van der Waals surface area contributed by atoms with Gasteiger partial charge in [0, 0.05) is 18.7 Å². The minimum Gasteiger partial charge on any atom is -0.350 e. The monoisotopic (exact) mass is 271 g/mol. The molecule has 1 aliphatic heterocycles. The number of para-hydroxylation sites is 1. The molecule has 2 rings (SSSR count). The van der Waals surface area contributed by atoms with Crippen molar-refractivity contribution >= 4 is 17.5 Å². The molecule has 0 N–H and O–H groups in total. The zero-order chi connectivity index (χ0) is 14.5. The highest BCUT2D eigenvalue weighted by atomic mass is 16.2. The molecule has 0 spiro atoms. The van der Waals surface area contributed by atoms with Crippen molar-refractivity contribution in [1.29, 1.82) is 5.26 Å². The molecular formula is C15H17N3O2. The van der Waals surface area contributed by atoms with Gasteiger partial charge in [0.15, 0.2) is 0 Å². The van der Waals surface area contributed by atoms with Crippen LogP contribution >= 0.6 is 0 Å². The van der Waals surface area contributed by atoms with E-state index >= 15 is 0 Å². The molecule has 20 heavy (non-hydrogen) atoms. The summed E-state index contributed by atoms with van der Waals surface area (Å²) >= 11 is 0. The van der Waals surface area contributed by atoms with Crippen LogP contribution in [0.25, 0.3) is 0 Å². The second-order valence-electron chi connectivity index (χ2n) is 4.78. The van der Waals surface area contributed by atoms with Crippen LogP contribution in [0.5, 0.6) is 0 Å². The molecule has 5 nitrogen and oxygen atoms in total. The maximum atomic E-state index is 12.3. The van der Waals surface area contributed by atoms with Crippen LogP contribution in [0.3, 0.4) is 0 Å². The van der Waals surface area contributed by atoms with E-state index in [1.165, 1.54) is 4.90 Å². The van der Waals surface area contributed by atoms with Gasteiger partial charge in [0.1, 0.15) is 6.04 Å². The Labute approximate surface area is 118 Å². The van der Waals surface area contributed by atoms with E-state index in [4.69, 9.17) is 5.26 Å². The van der Waals surface area contributed by atoms with Gasteiger partial charge in [0.2, 0.25) is 5.91 Å². The van der Waals surface area contributed by atoms with Crippen molar-refractivity contribution in [3.8, 4) is 6.07 Å². The lowest BCUT2D eigenvalue weighted by atomic mass is 10.1. The lowest BCUT2D eigenvalue weighted by molar-refractivity contribution is -0.147. The Morgan fingerprint density at radius 2 is 2.00 bits per heavy atom. The normalized spacial score (nSPS) is 19.1. The molecule has 0 aromatic heterocycles. The number of amides is 2. The molecule has 1 heterocycles. The Morgan fingerprint density at radius 3 is 2.65 bits per heavy atom. The van der Waals surface area contributed by atoms with E-state index in [9.17, 15) is 9.59 Å². The maximum absolute atomic E-state index is 12.3. The fourth-order valence-electron chi connectivity index (χ4n) is 2.34. The number of benzene rings is 1. The van der Waals surface area contributed by atoms with Crippen LogP contribution in [-0.4, -0.2) is 35.8 Å². The van der Waals surface area contributed by atoms with Gasteiger partial charge in [-0.25, -0.2) is 0 Å². The smallest absolute Gasteiger partial charge is 0.251 e. The molecule has 1 aliphatic rings. The van der Waals surface area contributed by atoms with Crippen molar-refractivity contribution in [3.63, 3.8) is 0 Å². The minimum absolute atomic E-state index is 0.192.